The molecule has 2 fully saturated rings. The molecule has 1 aromatic carbocycles. The molecule has 1 aromatic rings. The molecular formula is C17H24N2O3. The lowest BCUT2D eigenvalue weighted by molar-refractivity contribution is -0.135. The van der Waals surface area contributed by atoms with Gasteiger partial charge in [0.05, 0.1) is 19.1 Å². The van der Waals surface area contributed by atoms with Crippen LogP contribution >= 0.6 is 0 Å². The normalized spacial score (nSPS) is 27.7. The third-order valence-electron chi connectivity index (χ3n) is 4.70. The first-order valence-corrected chi connectivity index (χ1v) is 7.80. The Morgan fingerprint density at radius 2 is 2.09 bits per heavy atom. The number of benzene rings is 1. The number of carbonyl (C=O) groups is 1. The number of hydrogen-bond acceptors (Lipinski definition) is 4. The Kier molecular flexibility index (Phi) is 4.36. The Morgan fingerprint density at radius 3 is 2.73 bits per heavy atom. The molecule has 2 heterocycles. The number of likely N-dealkylation sites (tertiary alicyclic amines) is 1. The molecule has 2 aliphatic rings. The molecule has 0 saturated carbocycles. The van der Waals surface area contributed by atoms with Crippen LogP contribution in [0.25, 0.3) is 0 Å². The van der Waals surface area contributed by atoms with Crippen LogP contribution in [0.3, 0.4) is 0 Å². The van der Waals surface area contributed by atoms with E-state index < -0.39 is 0 Å². The number of nitrogens with zero attached hydrogens (tertiary/aromatic N) is 2. The summed E-state index contributed by atoms with van der Waals surface area (Å²) in [6.45, 7) is 2.38. The number of amides is 1. The molecule has 0 bridgehead atoms. The van der Waals surface area contributed by atoms with E-state index in [0.29, 0.717) is 6.04 Å². The molecule has 0 aliphatic carbocycles. The first kappa shape index (κ1) is 15.3. The largest absolute Gasteiger partial charge is 0.497 e. The van der Waals surface area contributed by atoms with E-state index in [1.807, 2.05) is 26.2 Å². The lowest BCUT2D eigenvalue weighted by Crippen LogP contribution is -2.37. The van der Waals surface area contributed by atoms with Crippen molar-refractivity contribution >= 4 is 5.91 Å². The van der Waals surface area contributed by atoms with Crippen LogP contribution in [0, 0.1) is 5.92 Å². The predicted molar refractivity (Wildman–Crippen MR) is 83.7 cm³/mol. The van der Waals surface area contributed by atoms with Crippen LogP contribution < -0.4 is 4.74 Å². The zero-order valence-electron chi connectivity index (χ0n) is 13.5. The van der Waals surface area contributed by atoms with Gasteiger partial charge >= 0.3 is 0 Å². The van der Waals surface area contributed by atoms with E-state index in [-0.39, 0.29) is 17.9 Å². The van der Waals surface area contributed by atoms with E-state index in [1.54, 1.807) is 12.0 Å². The molecule has 0 radical (unpaired) electrons. The standard InChI is InChI=1S/C17H24N2O3/c1-18(2)17(20)14-11-19(15-8-9-22-16(14)15)10-12-4-6-13(21-3)7-5-12/h4-7,14-16H,8-11H2,1-3H3/t14-,15+,16+/m0/s1. The molecule has 2 saturated heterocycles. The van der Waals surface area contributed by atoms with E-state index in [4.69, 9.17) is 9.47 Å². The second kappa shape index (κ2) is 6.26. The van der Waals surface area contributed by atoms with Gasteiger partial charge in [-0.15, -0.1) is 0 Å². The van der Waals surface area contributed by atoms with Crippen LogP contribution in [0.5, 0.6) is 5.75 Å². The smallest absolute Gasteiger partial charge is 0.229 e. The van der Waals surface area contributed by atoms with Crippen molar-refractivity contribution in [2.75, 3.05) is 34.4 Å². The Balaban J connectivity index is 1.72. The average Bonchev–Trinajstić information content (AvgIpc) is 3.11. The molecule has 22 heavy (non-hydrogen) atoms. The number of rotatable bonds is 4. The third-order valence-corrected chi connectivity index (χ3v) is 4.70. The van der Waals surface area contributed by atoms with Gasteiger partial charge in [0.25, 0.3) is 0 Å². The summed E-state index contributed by atoms with van der Waals surface area (Å²) in [6.07, 6.45) is 1.06. The maximum Gasteiger partial charge on any atom is 0.229 e. The summed E-state index contributed by atoms with van der Waals surface area (Å²) in [5.74, 6) is 1.00. The highest BCUT2D eigenvalue weighted by Gasteiger charge is 2.48. The summed E-state index contributed by atoms with van der Waals surface area (Å²) < 4.78 is 11.1. The Hall–Kier alpha value is -1.59. The fourth-order valence-electron chi connectivity index (χ4n) is 3.56. The molecular weight excluding hydrogens is 280 g/mol. The molecule has 0 aromatic heterocycles. The first-order valence-electron chi connectivity index (χ1n) is 7.80. The Bertz CT molecular complexity index is 529. The molecule has 5 nitrogen and oxygen atoms in total. The molecule has 5 heteroatoms. The maximum atomic E-state index is 12.4. The van der Waals surface area contributed by atoms with Crippen molar-refractivity contribution < 1.29 is 14.3 Å². The minimum atomic E-state index is -0.0410. The molecule has 2 aliphatic heterocycles. The van der Waals surface area contributed by atoms with Crippen LogP contribution in [0.1, 0.15) is 12.0 Å². The zero-order chi connectivity index (χ0) is 15.7. The summed E-state index contributed by atoms with van der Waals surface area (Å²) in [5, 5.41) is 0. The fraction of sp³-hybridized carbons (Fsp3) is 0.588. The molecule has 120 valence electrons. The number of ether oxygens (including phenoxy) is 2. The summed E-state index contributed by atoms with van der Waals surface area (Å²) >= 11 is 0. The summed E-state index contributed by atoms with van der Waals surface area (Å²) in [6, 6.07) is 8.50. The van der Waals surface area contributed by atoms with Crippen molar-refractivity contribution in [2.24, 2.45) is 5.92 Å². The topological polar surface area (TPSA) is 42.0 Å². The van der Waals surface area contributed by atoms with Gasteiger partial charge in [0.2, 0.25) is 5.91 Å². The quantitative estimate of drug-likeness (QED) is 0.842. The van der Waals surface area contributed by atoms with Crippen LogP contribution in [0.15, 0.2) is 24.3 Å². The van der Waals surface area contributed by atoms with Gasteiger partial charge in [0.15, 0.2) is 0 Å². The SMILES string of the molecule is COc1ccc(CN2C[C@H](C(=O)N(C)C)[C@H]3OCC[C@H]32)cc1. The first-order chi connectivity index (χ1) is 10.6. The Morgan fingerprint density at radius 1 is 1.36 bits per heavy atom. The van der Waals surface area contributed by atoms with Crippen LogP contribution in [0.4, 0.5) is 0 Å². The van der Waals surface area contributed by atoms with E-state index in [1.165, 1.54) is 5.56 Å². The van der Waals surface area contributed by atoms with Crippen molar-refractivity contribution in [1.82, 2.24) is 9.80 Å². The summed E-state index contributed by atoms with van der Waals surface area (Å²) in [5.41, 5.74) is 1.24. The maximum absolute atomic E-state index is 12.4. The highest BCUT2D eigenvalue weighted by atomic mass is 16.5. The molecule has 0 unspecified atom stereocenters. The van der Waals surface area contributed by atoms with Crippen LogP contribution in [-0.4, -0.2) is 62.2 Å². The lowest BCUT2D eigenvalue weighted by atomic mass is 10.0. The predicted octanol–water partition coefficient (Wildman–Crippen LogP) is 1.37. The van der Waals surface area contributed by atoms with Crippen LogP contribution in [0.2, 0.25) is 0 Å². The van der Waals surface area contributed by atoms with Gasteiger partial charge in [-0.05, 0) is 24.1 Å². The van der Waals surface area contributed by atoms with Crippen molar-refractivity contribution in [3.63, 3.8) is 0 Å². The number of hydrogen-bond donors (Lipinski definition) is 0. The highest BCUT2D eigenvalue weighted by molar-refractivity contribution is 5.79. The van der Waals surface area contributed by atoms with Gasteiger partial charge in [-0.2, -0.15) is 0 Å². The summed E-state index contributed by atoms with van der Waals surface area (Å²) in [7, 11) is 5.31. The molecule has 1 amide bonds. The van der Waals surface area contributed by atoms with Gasteiger partial charge in [-0.3, -0.25) is 9.69 Å². The van der Waals surface area contributed by atoms with E-state index in [0.717, 1.165) is 31.9 Å². The van der Waals surface area contributed by atoms with Gasteiger partial charge < -0.3 is 14.4 Å². The number of fused-ring (bicyclic) bond motifs is 1. The van der Waals surface area contributed by atoms with Gasteiger partial charge in [-0.1, -0.05) is 12.1 Å². The van der Waals surface area contributed by atoms with E-state index >= 15 is 0 Å². The Labute approximate surface area is 131 Å². The van der Waals surface area contributed by atoms with Crippen molar-refractivity contribution in [1.29, 1.82) is 0 Å². The second-order valence-corrected chi connectivity index (χ2v) is 6.31. The van der Waals surface area contributed by atoms with Crippen LogP contribution in [-0.2, 0) is 16.1 Å². The van der Waals surface area contributed by atoms with Gasteiger partial charge in [-0.25, -0.2) is 0 Å². The summed E-state index contributed by atoms with van der Waals surface area (Å²) in [4.78, 5) is 16.4. The number of methoxy groups -OCH3 is 1. The third kappa shape index (κ3) is 2.83. The molecule has 0 spiro atoms. The van der Waals surface area contributed by atoms with E-state index in [2.05, 4.69) is 17.0 Å². The van der Waals surface area contributed by atoms with Crippen molar-refractivity contribution in [3.8, 4) is 5.75 Å². The average molecular weight is 304 g/mol. The molecule has 0 N–H and O–H groups in total. The van der Waals surface area contributed by atoms with Gasteiger partial charge in [0, 0.05) is 39.8 Å². The minimum absolute atomic E-state index is 0.0410. The number of carbonyl (C=O) groups excluding carboxylic acids is 1. The molecule has 3 atom stereocenters. The van der Waals surface area contributed by atoms with Crippen molar-refractivity contribution in [3.05, 3.63) is 29.8 Å². The zero-order valence-corrected chi connectivity index (χ0v) is 13.5. The monoisotopic (exact) mass is 304 g/mol. The lowest BCUT2D eigenvalue weighted by Gasteiger charge is -2.22. The second-order valence-electron chi connectivity index (χ2n) is 6.31. The van der Waals surface area contributed by atoms with E-state index in [9.17, 15) is 4.79 Å². The van der Waals surface area contributed by atoms with Crippen molar-refractivity contribution in [2.45, 2.75) is 25.1 Å². The fourth-order valence-corrected chi connectivity index (χ4v) is 3.56. The minimum Gasteiger partial charge on any atom is -0.497 e. The highest BCUT2D eigenvalue weighted by Crippen LogP contribution is 2.35. The molecule has 3 rings (SSSR count). The van der Waals surface area contributed by atoms with Gasteiger partial charge in [0.1, 0.15) is 5.75 Å².